The lowest BCUT2D eigenvalue weighted by molar-refractivity contribution is -0.139. The first kappa shape index (κ1) is 19.2. The summed E-state index contributed by atoms with van der Waals surface area (Å²) in [7, 11) is 0. The summed E-state index contributed by atoms with van der Waals surface area (Å²) in [6.07, 6.45) is 7.22. The molecular formula is C23H32N4O. The summed E-state index contributed by atoms with van der Waals surface area (Å²) in [6, 6.07) is 10.8. The molecule has 1 unspecified atom stereocenters. The van der Waals surface area contributed by atoms with Crippen LogP contribution >= 0.6 is 0 Å². The van der Waals surface area contributed by atoms with Crippen LogP contribution in [-0.2, 0) is 17.9 Å². The van der Waals surface area contributed by atoms with E-state index in [1.54, 1.807) is 0 Å². The molecule has 1 fully saturated rings. The first-order valence-corrected chi connectivity index (χ1v) is 10.7. The lowest BCUT2D eigenvalue weighted by Crippen LogP contribution is -2.44. The molecule has 2 aliphatic rings. The van der Waals surface area contributed by atoms with Crippen LogP contribution in [0.1, 0.15) is 50.5 Å². The van der Waals surface area contributed by atoms with Crippen LogP contribution in [0.3, 0.4) is 0 Å². The average Bonchev–Trinajstić information content (AvgIpc) is 3.09. The van der Waals surface area contributed by atoms with Gasteiger partial charge in [-0.3, -0.25) is 9.69 Å². The van der Waals surface area contributed by atoms with E-state index in [1.165, 1.54) is 5.56 Å². The lowest BCUT2D eigenvalue weighted by Gasteiger charge is -2.40. The smallest absolute Gasteiger partial charge is 0.225 e. The molecule has 0 spiro atoms. The summed E-state index contributed by atoms with van der Waals surface area (Å²) in [6.45, 7) is 9.01. The molecule has 3 heterocycles. The van der Waals surface area contributed by atoms with Crippen molar-refractivity contribution in [2.45, 2.75) is 52.2 Å². The molecule has 0 radical (unpaired) electrons. The fourth-order valence-electron chi connectivity index (χ4n) is 4.78. The molecule has 4 rings (SSSR count). The third-order valence-electron chi connectivity index (χ3n) is 6.25. The van der Waals surface area contributed by atoms with E-state index >= 15 is 0 Å². The van der Waals surface area contributed by atoms with Gasteiger partial charge < -0.3 is 9.47 Å². The molecule has 5 nitrogen and oxygen atoms in total. The van der Waals surface area contributed by atoms with Crippen molar-refractivity contribution < 1.29 is 4.79 Å². The van der Waals surface area contributed by atoms with Crippen LogP contribution in [0.4, 0.5) is 0 Å². The van der Waals surface area contributed by atoms with Gasteiger partial charge in [-0.25, -0.2) is 4.98 Å². The Kier molecular flexibility index (Phi) is 5.81. The number of likely N-dealkylation sites (tertiary alicyclic amines) is 1. The highest BCUT2D eigenvalue weighted by Crippen LogP contribution is 2.37. The first-order valence-electron chi connectivity index (χ1n) is 10.7. The Morgan fingerprint density at radius 3 is 2.57 bits per heavy atom. The first-order chi connectivity index (χ1) is 13.6. The summed E-state index contributed by atoms with van der Waals surface area (Å²) in [4.78, 5) is 22.4. The van der Waals surface area contributed by atoms with Gasteiger partial charge in [0.2, 0.25) is 5.91 Å². The Balaban J connectivity index is 1.50. The van der Waals surface area contributed by atoms with Crippen molar-refractivity contribution >= 4 is 5.91 Å². The zero-order valence-corrected chi connectivity index (χ0v) is 17.1. The van der Waals surface area contributed by atoms with Crippen LogP contribution in [0.2, 0.25) is 0 Å². The van der Waals surface area contributed by atoms with Crippen LogP contribution in [0, 0.1) is 11.8 Å². The fraction of sp³-hybridized carbons (Fsp3) is 0.565. The molecule has 0 aliphatic carbocycles. The van der Waals surface area contributed by atoms with Gasteiger partial charge in [-0.05, 0) is 43.8 Å². The van der Waals surface area contributed by atoms with E-state index in [4.69, 9.17) is 4.98 Å². The van der Waals surface area contributed by atoms with E-state index in [-0.39, 0.29) is 17.9 Å². The number of benzene rings is 1. The zero-order chi connectivity index (χ0) is 19.5. The summed E-state index contributed by atoms with van der Waals surface area (Å²) < 4.78 is 2.27. The zero-order valence-electron chi connectivity index (χ0n) is 17.1. The molecule has 0 bridgehead atoms. The van der Waals surface area contributed by atoms with Crippen LogP contribution in [0.25, 0.3) is 0 Å². The van der Waals surface area contributed by atoms with Crippen molar-refractivity contribution in [2.24, 2.45) is 11.8 Å². The standard InChI is InChI=1S/C23H32N4O/c1-18(2)23(28)27-13-6-12-26-16-11-24-22(26)21(27)20-9-14-25(15-10-20)17-19-7-4-3-5-8-19/h3-5,7-8,11,16,18,20-21H,6,9-10,12-15,17H2,1-2H3. The maximum atomic E-state index is 13.0. The molecule has 1 amide bonds. The van der Waals surface area contributed by atoms with Gasteiger partial charge >= 0.3 is 0 Å². The predicted octanol–water partition coefficient (Wildman–Crippen LogP) is 3.72. The molecule has 1 saturated heterocycles. The summed E-state index contributed by atoms with van der Waals surface area (Å²) >= 11 is 0. The number of piperidine rings is 1. The molecular weight excluding hydrogens is 348 g/mol. The Hall–Kier alpha value is -2.14. The van der Waals surface area contributed by atoms with Gasteiger partial charge in [-0.1, -0.05) is 44.2 Å². The molecule has 150 valence electrons. The van der Waals surface area contributed by atoms with Gasteiger partial charge in [0.15, 0.2) is 0 Å². The van der Waals surface area contributed by atoms with E-state index in [0.29, 0.717) is 5.92 Å². The topological polar surface area (TPSA) is 41.4 Å². The molecule has 28 heavy (non-hydrogen) atoms. The van der Waals surface area contributed by atoms with Crippen molar-refractivity contribution in [3.8, 4) is 0 Å². The van der Waals surface area contributed by atoms with Crippen molar-refractivity contribution in [2.75, 3.05) is 19.6 Å². The van der Waals surface area contributed by atoms with Crippen LogP contribution in [0.15, 0.2) is 42.7 Å². The minimum absolute atomic E-state index is 0.0298. The molecule has 1 aromatic heterocycles. The molecule has 1 atom stereocenters. The number of rotatable bonds is 4. The van der Waals surface area contributed by atoms with Gasteiger partial charge in [0.25, 0.3) is 0 Å². The largest absolute Gasteiger partial charge is 0.333 e. The molecule has 2 aromatic rings. The quantitative estimate of drug-likeness (QED) is 0.812. The van der Waals surface area contributed by atoms with Crippen molar-refractivity contribution in [1.82, 2.24) is 19.4 Å². The molecule has 2 aliphatic heterocycles. The fourth-order valence-corrected chi connectivity index (χ4v) is 4.78. The third-order valence-corrected chi connectivity index (χ3v) is 6.25. The van der Waals surface area contributed by atoms with E-state index in [9.17, 15) is 4.79 Å². The second kappa shape index (κ2) is 8.48. The second-order valence-corrected chi connectivity index (χ2v) is 8.56. The number of carbonyl (C=O) groups excluding carboxylic acids is 1. The Morgan fingerprint density at radius 2 is 1.86 bits per heavy atom. The predicted molar refractivity (Wildman–Crippen MR) is 111 cm³/mol. The van der Waals surface area contributed by atoms with E-state index < -0.39 is 0 Å². The minimum atomic E-state index is 0.0298. The monoisotopic (exact) mass is 380 g/mol. The number of aromatic nitrogens is 2. The highest BCUT2D eigenvalue weighted by Gasteiger charge is 2.38. The van der Waals surface area contributed by atoms with E-state index in [1.807, 2.05) is 20.0 Å². The number of imidazole rings is 1. The van der Waals surface area contributed by atoms with Crippen LogP contribution in [0.5, 0.6) is 0 Å². The number of aryl methyl sites for hydroxylation is 1. The van der Waals surface area contributed by atoms with Crippen molar-refractivity contribution in [3.05, 3.63) is 54.1 Å². The Bertz CT molecular complexity index is 777. The molecule has 5 heteroatoms. The Morgan fingerprint density at radius 1 is 1.11 bits per heavy atom. The van der Waals surface area contributed by atoms with Gasteiger partial charge in [0.1, 0.15) is 5.82 Å². The van der Waals surface area contributed by atoms with Gasteiger partial charge in [-0.15, -0.1) is 0 Å². The maximum Gasteiger partial charge on any atom is 0.225 e. The number of nitrogens with zero attached hydrogens (tertiary/aromatic N) is 4. The molecule has 1 aromatic carbocycles. The minimum Gasteiger partial charge on any atom is -0.333 e. The van der Waals surface area contributed by atoms with E-state index in [0.717, 1.165) is 57.8 Å². The van der Waals surface area contributed by atoms with Gasteiger partial charge in [-0.2, -0.15) is 0 Å². The summed E-state index contributed by atoms with van der Waals surface area (Å²) in [5.41, 5.74) is 1.38. The highest BCUT2D eigenvalue weighted by molar-refractivity contribution is 5.78. The highest BCUT2D eigenvalue weighted by atomic mass is 16.2. The molecule has 0 N–H and O–H groups in total. The Labute approximate surface area is 168 Å². The normalized spacial score (nSPS) is 21.5. The van der Waals surface area contributed by atoms with Crippen molar-refractivity contribution in [3.63, 3.8) is 0 Å². The van der Waals surface area contributed by atoms with Gasteiger partial charge in [0.05, 0.1) is 6.04 Å². The number of amides is 1. The third kappa shape index (κ3) is 4.00. The SMILES string of the molecule is CC(C)C(=O)N1CCCn2ccnc2C1C1CCN(Cc2ccccc2)CC1. The second-order valence-electron chi connectivity index (χ2n) is 8.56. The lowest BCUT2D eigenvalue weighted by atomic mass is 9.87. The number of hydrogen-bond donors (Lipinski definition) is 0. The number of hydrogen-bond acceptors (Lipinski definition) is 3. The molecule has 0 saturated carbocycles. The van der Waals surface area contributed by atoms with Gasteiger partial charge in [0, 0.05) is 37.9 Å². The number of fused-ring (bicyclic) bond motifs is 1. The van der Waals surface area contributed by atoms with Crippen LogP contribution < -0.4 is 0 Å². The summed E-state index contributed by atoms with van der Waals surface area (Å²) in [5.74, 6) is 1.87. The van der Waals surface area contributed by atoms with E-state index in [2.05, 4.69) is 50.9 Å². The van der Waals surface area contributed by atoms with Crippen LogP contribution in [-0.4, -0.2) is 44.9 Å². The average molecular weight is 381 g/mol. The maximum absolute atomic E-state index is 13.0. The van der Waals surface area contributed by atoms with Crippen molar-refractivity contribution in [1.29, 1.82) is 0 Å². The number of carbonyl (C=O) groups is 1. The summed E-state index contributed by atoms with van der Waals surface area (Å²) in [5, 5.41) is 0.